The van der Waals surface area contributed by atoms with E-state index in [0.29, 0.717) is 25.7 Å². The lowest BCUT2D eigenvalue weighted by molar-refractivity contribution is -0.275. The molecule has 1 fully saturated rings. The van der Waals surface area contributed by atoms with Gasteiger partial charge >= 0.3 is 47.8 Å². The molecule has 1 heterocycles. The van der Waals surface area contributed by atoms with Crippen LogP contribution < -0.4 is 0 Å². The van der Waals surface area contributed by atoms with Gasteiger partial charge in [0.15, 0.2) is 12.2 Å². The summed E-state index contributed by atoms with van der Waals surface area (Å²) < 4.78 is 48.6. The molecule has 58 heavy (non-hydrogen) atoms. The summed E-state index contributed by atoms with van der Waals surface area (Å²) in [6.07, 6.45) is -4.41. The van der Waals surface area contributed by atoms with Crippen LogP contribution in [0.3, 0.4) is 0 Å². The Morgan fingerprint density at radius 2 is 0.724 bits per heavy atom. The molecule has 0 saturated carbocycles. The van der Waals surface area contributed by atoms with E-state index >= 15 is 0 Å². The van der Waals surface area contributed by atoms with Crippen LogP contribution in [0.25, 0.3) is 0 Å². The number of ether oxygens (including phenoxy) is 9. The van der Waals surface area contributed by atoms with Gasteiger partial charge in [0.05, 0.1) is 33.0 Å². The molecular formula is C41H58O17. The molecular weight excluding hydrogens is 764 g/mol. The van der Waals surface area contributed by atoms with Crippen molar-refractivity contribution in [3.63, 3.8) is 0 Å². The van der Waals surface area contributed by atoms with Crippen LogP contribution in [0.4, 0.5) is 0 Å². The molecule has 0 aromatic rings. The fraction of sp³-hybridized carbons (Fsp3) is 0.610. The predicted octanol–water partition coefficient (Wildman–Crippen LogP) is 4.78. The first-order valence-corrected chi connectivity index (χ1v) is 19.1. The van der Waals surface area contributed by atoms with Gasteiger partial charge in [0.25, 0.3) is 0 Å². The molecule has 1 aliphatic heterocycles. The first-order chi connectivity index (χ1) is 27.4. The number of carbonyl (C=O) groups excluding carboxylic acids is 8. The second kappa shape index (κ2) is 28.1. The first kappa shape index (κ1) is 50.7. The summed E-state index contributed by atoms with van der Waals surface area (Å²) in [5.41, 5.74) is 0.894. The van der Waals surface area contributed by atoms with E-state index in [1.54, 1.807) is 0 Å². The van der Waals surface area contributed by atoms with Crippen LogP contribution in [-0.4, -0.2) is 105 Å². The molecule has 17 heteroatoms. The van der Waals surface area contributed by atoms with Crippen molar-refractivity contribution in [2.75, 3.05) is 33.0 Å². The summed E-state index contributed by atoms with van der Waals surface area (Å²) in [5, 5.41) is 0. The quantitative estimate of drug-likeness (QED) is 0.0449. The third kappa shape index (κ3) is 21.8. The molecule has 0 bridgehead atoms. The van der Waals surface area contributed by atoms with Crippen molar-refractivity contribution in [3.8, 4) is 0 Å². The zero-order valence-corrected chi connectivity index (χ0v) is 34.1. The minimum absolute atomic E-state index is 0.0130. The van der Waals surface area contributed by atoms with Crippen LogP contribution in [0.5, 0.6) is 0 Å². The summed E-state index contributed by atoms with van der Waals surface area (Å²) in [7, 11) is 0. The molecule has 1 aliphatic rings. The van der Waals surface area contributed by atoms with Gasteiger partial charge in [-0.15, -0.1) is 0 Å². The van der Waals surface area contributed by atoms with Gasteiger partial charge in [0, 0.05) is 48.0 Å². The van der Waals surface area contributed by atoms with Gasteiger partial charge in [-0.1, -0.05) is 26.3 Å². The van der Waals surface area contributed by atoms with E-state index in [2.05, 4.69) is 26.3 Å². The van der Waals surface area contributed by atoms with E-state index in [1.807, 2.05) is 0 Å². The molecule has 0 aromatic carbocycles. The number of rotatable bonds is 28. The average molecular weight is 823 g/mol. The Balaban J connectivity index is 3.15. The van der Waals surface area contributed by atoms with Gasteiger partial charge < -0.3 is 42.6 Å². The second-order valence-corrected chi connectivity index (χ2v) is 13.6. The smallest absolute Gasteiger partial charge is 0.333 e. The van der Waals surface area contributed by atoms with E-state index in [1.165, 1.54) is 27.7 Å². The van der Waals surface area contributed by atoms with Crippen molar-refractivity contribution in [2.45, 2.75) is 129 Å². The number of hydrogen-bond donors (Lipinski definition) is 0. The van der Waals surface area contributed by atoms with Crippen molar-refractivity contribution in [1.82, 2.24) is 0 Å². The van der Waals surface area contributed by atoms with E-state index in [-0.39, 0.29) is 100 Å². The molecule has 1 saturated heterocycles. The van der Waals surface area contributed by atoms with Crippen molar-refractivity contribution >= 4 is 47.8 Å². The Kier molecular flexibility index (Phi) is 24.6. The number of carbonyl (C=O) groups is 8. The molecule has 0 unspecified atom stereocenters. The van der Waals surface area contributed by atoms with E-state index in [0.717, 1.165) is 0 Å². The van der Waals surface area contributed by atoms with Gasteiger partial charge in [0.2, 0.25) is 12.4 Å². The molecule has 0 aromatic heterocycles. The number of unbranched alkanes of at least 4 members (excludes halogenated alkanes) is 4. The maximum absolute atomic E-state index is 13.2. The highest BCUT2D eigenvalue weighted by molar-refractivity contribution is 5.88. The summed E-state index contributed by atoms with van der Waals surface area (Å²) in [4.78, 5) is 98.9. The lowest BCUT2D eigenvalue weighted by Gasteiger charge is -2.40. The zero-order valence-electron chi connectivity index (χ0n) is 34.1. The maximum atomic E-state index is 13.2. The minimum atomic E-state index is -1.59. The maximum Gasteiger partial charge on any atom is 0.333 e. The lowest BCUT2D eigenvalue weighted by Crippen LogP contribution is -2.58. The van der Waals surface area contributed by atoms with E-state index < -0.39 is 79.0 Å². The molecule has 0 amide bonds. The van der Waals surface area contributed by atoms with Crippen LogP contribution in [0.15, 0.2) is 48.6 Å². The summed E-state index contributed by atoms with van der Waals surface area (Å²) in [6, 6.07) is 0. The fourth-order valence-corrected chi connectivity index (χ4v) is 4.69. The van der Waals surface area contributed by atoms with Gasteiger partial charge in [-0.3, -0.25) is 19.2 Å². The molecule has 0 N–H and O–H groups in total. The Bertz CT molecular complexity index is 1380. The number of hydrogen-bond acceptors (Lipinski definition) is 17. The topological polar surface area (TPSA) is 220 Å². The van der Waals surface area contributed by atoms with Gasteiger partial charge in [0.1, 0.15) is 0 Å². The van der Waals surface area contributed by atoms with Gasteiger partial charge in [-0.2, -0.15) is 0 Å². The highest BCUT2D eigenvalue weighted by Gasteiger charge is 2.49. The van der Waals surface area contributed by atoms with Crippen molar-refractivity contribution in [1.29, 1.82) is 0 Å². The molecule has 1 rings (SSSR count). The van der Waals surface area contributed by atoms with Crippen LogP contribution in [0.2, 0.25) is 0 Å². The highest BCUT2D eigenvalue weighted by atomic mass is 16.7. The van der Waals surface area contributed by atoms with Crippen LogP contribution in [0.1, 0.15) is 105 Å². The molecule has 0 aliphatic carbocycles. The normalized spacial score (nSPS) is 17.0. The Morgan fingerprint density at radius 1 is 0.431 bits per heavy atom. The SMILES string of the molecule is C=C(C)C(=O)OCCCCC(=O)O[C@H]1OC[C@@H](OC(=O)CCCCOC(=O)C(=C)C)[C@H](OC(=O)CCCCOC(=O)C(=C)C)[C@H]1OC(=O)CCCCOC(=O)C(=C)C. The van der Waals surface area contributed by atoms with Crippen LogP contribution in [0, 0.1) is 0 Å². The van der Waals surface area contributed by atoms with E-state index in [9.17, 15) is 38.4 Å². The third-order valence-electron chi connectivity index (χ3n) is 7.88. The van der Waals surface area contributed by atoms with Crippen LogP contribution >= 0.6 is 0 Å². The predicted molar refractivity (Wildman–Crippen MR) is 204 cm³/mol. The highest BCUT2D eigenvalue weighted by Crippen LogP contribution is 2.27. The minimum Gasteiger partial charge on any atom is -0.462 e. The summed E-state index contributed by atoms with van der Waals surface area (Å²) in [5.74, 6) is -5.38. The Hall–Kier alpha value is -5.32. The standard InChI is InChI=1S/C41H58O17/c1-26(2)37(46)50-21-13-9-17-31(42)55-30-25-54-41(58-34(45)20-12-16-24-53-40(49)29(7)8)36(57-33(44)19-11-15-23-52-39(48)28(5)6)35(30)56-32(43)18-10-14-22-51-38(47)27(3)4/h30,35-36,41H,1,3,5,7,9-25H2,2,4,6,8H3/t30-,35+,36-,41-/m1/s1. The molecule has 324 valence electrons. The first-order valence-electron chi connectivity index (χ1n) is 19.1. The van der Waals surface area contributed by atoms with Crippen LogP contribution in [-0.2, 0) is 81.0 Å². The monoisotopic (exact) mass is 822 g/mol. The molecule has 4 atom stereocenters. The number of esters is 8. The second-order valence-electron chi connectivity index (χ2n) is 13.6. The van der Waals surface area contributed by atoms with Crippen molar-refractivity contribution < 1.29 is 81.0 Å². The van der Waals surface area contributed by atoms with Gasteiger partial charge in [-0.05, 0) is 79.1 Å². The third-order valence-corrected chi connectivity index (χ3v) is 7.88. The Labute approximate surface area is 339 Å². The van der Waals surface area contributed by atoms with Crippen molar-refractivity contribution in [3.05, 3.63) is 48.6 Å². The Morgan fingerprint density at radius 3 is 1.05 bits per heavy atom. The lowest BCUT2D eigenvalue weighted by atomic mass is 10.0. The van der Waals surface area contributed by atoms with Crippen molar-refractivity contribution in [2.24, 2.45) is 0 Å². The zero-order chi connectivity index (χ0) is 43.6. The molecule has 17 nitrogen and oxygen atoms in total. The average Bonchev–Trinajstić information content (AvgIpc) is 3.15. The molecule has 0 radical (unpaired) electrons. The summed E-state index contributed by atoms with van der Waals surface area (Å²) >= 11 is 0. The fourth-order valence-electron chi connectivity index (χ4n) is 4.69. The largest absolute Gasteiger partial charge is 0.462 e. The molecule has 0 spiro atoms. The van der Waals surface area contributed by atoms with Gasteiger partial charge in [-0.25, -0.2) is 19.2 Å². The van der Waals surface area contributed by atoms with E-state index in [4.69, 9.17) is 42.6 Å². The summed E-state index contributed by atoms with van der Waals surface area (Å²) in [6.45, 7) is 19.7.